The first-order valence-corrected chi connectivity index (χ1v) is 10.3. The van der Waals surface area contributed by atoms with Crippen LogP contribution < -0.4 is 44.6 Å². The molecule has 34 heavy (non-hydrogen) atoms. The van der Waals surface area contributed by atoms with Gasteiger partial charge in [-0.15, -0.1) is 0 Å². The molecule has 0 aromatic rings. The zero-order valence-electron chi connectivity index (χ0n) is 18.8. The summed E-state index contributed by atoms with van der Waals surface area (Å²) in [5.74, 6) is -5.64. The number of aliphatic carboxylic acids is 1. The normalized spacial score (nSPS) is 13.9. The number of carbonyl (C=O) groups excluding carboxylic acids is 5. The average Bonchev–Trinajstić information content (AvgIpc) is 2.71. The number of rotatable bonds is 16. The van der Waals surface area contributed by atoms with E-state index >= 15 is 0 Å². The molecule has 0 spiro atoms. The molecule has 5 amide bonds. The molecule has 0 fully saturated rings. The Balaban J connectivity index is 5.52. The molecule has 4 unspecified atom stereocenters. The summed E-state index contributed by atoms with van der Waals surface area (Å²) in [6, 6.07) is -5.17. The summed E-state index contributed by atoms with van der Waals surface area (Å²) >= 11 is 0. The van der Waals surface area contributed by atoms with Crippen molar-refractivity contribution in [2.75, 3.05) is 6.54 Å². The minimum Gasteiger partial charge on any atom is -0.480 e. The van der Waals surface area contributed by atoms with E-state index in [-0.39, 0.29) is 38.2 Å². The fourth-order valence-corrected chi connectivity index (χ4v) is 2.56. The van der Waals surface area contributed by atoms with Crippen molar-refractivity contribution in [3.63, 3.8) is 0 Å². The average molecular weight is 488 g/mol. The molecular formula is C18H33N9O7. The highest BCUT2D eigenvalue weighted by molar-refractivity contribution is 5.95. The van der Waals surface area contributed by atoms with Gasteiger partial charge in [-0.2, -0.15) is 0 Å². The second-order valence-electron chi connectivity index (χ2n) is 7.42. The van der Waals surface area contributed by atoms with Crippen LogP contribution in [0.15, 0.2) is 4.99 Å². The maximum atomic E-state index is 12.8. The lowest BCUT2D eigenvalue weighted by atomic mass is 10.1. The van der Waals surface area contributed by atoms with E-state index in [1.54, 1.807) is 0 Å². The number of carbonyl (C=O) groups is 6. The third-order valence-corrected chi connectivity index (χ3v) is 4.38. The SMILES string of the molecule is CC(NC(=O)C(CCCN=C(N)N)NC(=O)C(CCC(N)=O)NC(=O)C(N)CC(N)=O)C(=O)O. The van der Waals surface area contributed by atoms with Crippen LogP contribution in [0.1, 0.15) is 39.0 Å². The van der Waals surface area contributed by atoms with Gasteiger partial charge in [0.15, 0.2) is 5.96 Å². The van der Waals surface area contributed by atoms with Gasteiger partial charge in [-0.25, -0.2) is 0 Å². The van der Waals surface area contributed by atoms with Crippen LogP contribution in [0, 0.1) is 0 Å². The first kappa shape index (κ1) is 30.1. The highest BCUT2D eigenvalue weighted by Gasteiger charge is 2.29. The summed E-state index contributed by atoms with van der Waals surface area (Å²) in [5.41, 5.74) is 26.2. The zero-order valence-corrected chi connectivity index (χ0v) is 18.8. The molecule has 0 aliphatic carbocycles. The molecule has 192 valence electrons. The summed E-state index contributed by atoms with van der Waals surface area (Å²) in [5, 5.41) is 15.9. The molecule has 4 atom stereocenters. The fraction of sp³-hybridized carbons (Fsp3) is 0.611. The van der Waals surface area contributed by atoms with Crippen molar-refractivity contribution < 1.29 is 33.9 Å². The third kappa shape index (κ3) is 12.8. The van der Waals surface area contributed by atoms with Crippen LogP contribution in [0.3, 0.4) is 0 Å². The van der Waals surface area contributed by atoms with E-state index in [1.165, 1.54) is 6.92 Å². The van der Waals surface area contributed by atoms with Crippen LogP contribution in [0.5, 0.6) is 0 Å². The molecule has 0 aromatic carbocycles. The van der Waals surface area contributed by atoms with E-state index in [1.807, 2.05) is 0 Å². The number of guanidine groups is 1. The lowest BCUT2D eigenvalue weighted by molar-refractivity contribution is -0.141. The van der Waals surface area contributed by atoms with Crippen LogP contribution in [0.4, 0.5) is 0 Å². The van der Waals surface area contributed by atoms with Crippen LogP contribution in [0.25, 0.3) is 0 Å². The molecule has 0 aliphatic rings. The molecule has 0 rings (SSSR count). The predicted molar refractivity (Wildman–Crippen MR) is 119 cm³/mol. The molecule has 0 aliphatic heterocycles. The molecule has 0 saturated carbocycles. The number of carboxylic acid groups (broad SMARTS) is 1. The number of amides is 5. The van der Waals surface area contributed by atoms with Gasteiger partial charge in [0.2, 0.25) is 29.5 Å². The van der Waals surface area contributed by atoms with Crippen molar-refractivity contribution in [2.45, 2.75) is 63.2 Å². The number of aliphatic imine (C=N–C) groups is 1. The number of primary amides is 2. The summed E-state index contributed by atoms with van der Waals surface area (Å²) < 4.78 is 0. The predicted octanol–water partition coefficient (Wildman–Crippen LogP) is -4.93. The third-order valence-electron chi connectivity index (χ3n) is 4.38. The summed E-state index contributed by atoms with van der Waals surface area (Å²) in [4.78, 5) is 74.6. The number of nitrogens with two attached hydrogens (primary N) is 5. The maximum Gasteiger partial charge on any atom is 0.325 e. The topological polar surface area (TPSA) is 301 Å². The van der Waals surface area contributed by atoms with Gasteiger partial charge in [0, 0.05) is 13.0 Å². The first-order chi connectivity index (χ1) is 15.7. The van der Waals surface area contributed by atoms with E-state index in [2.05, 4.69) is 20.9 Å². The number of nitrogens with one attached hydrogen (secondary N) is 3. The molecule has 16 nitrogen and oxygen atoms in total. The summed E-state index contributed by atoms with van der Waals surface area (Å²) in [6.07, 6.45) is -0.762. The van der Waals surface area contributed by atoms with E-state index in [0.717, 1.165) is 0 Å². The first-order valence-electron chi connectivity index (χ1n) is 10.3. The highest BCUT2D eigenvalue weighted by Crippen LogP contribution is 2.04. The Hall–Kier alpha value is -3.95. The second kappa shape index (κ2) is 15.0. The van der Waals surface area contributed by atoms with Crippen molar-refractivity contribution in [3.8, 4) is 0 Å². The molecule has 0 aromatic heterocycles. The van der Waals surface area contributed by atoms with E-state index in [4.69, 9.17) is 33.8 Å². The Morgan fingerprint density at radius 2 is 1.35 bits per heavy atom. The standard InChI is InChI=1S/C18H33N9O7/c1-8(17(33)34)25-15(31)10(3-2-6-24-18(22)23)27-16(32)11(4-5-12(20)28)26-14(30)9(19)7-13(21)29/h8-11H,2-7,19H2,1H3,(H2,20,28)(H2,21,29)(H,25,31)(H,26,30)(H,27,32)(H,33,34)(H4,22,23,24). The van der Waals surface area contributed by atoms with Crippen LogP contribution in [0.2, 0.25) is 0 Å². The number of hydrogen-bond acceptors (Lipinski definition) is 8. The number of hydrogen-bond donors (Lipinski definition) is 9. The van der Waals surface area contributed by atoms with E-state index in [0.29, 0.717) is 0 Å². The Morgan fingerprint density at radius 3 is 1.85 bits per heavy atom. The lowest BCUT2D eigenvalue weighted by Gasteiger charge is -2.24. The van der Waals surface area contributed by atoms with Crippen molar-refractivity contribution >= 4 is 41.5 Å². The minimum absolute atomic E-state index is 0.0123. The van der Waals surface area contributed by atoms with E-state index in [9.17, 15) is 28.8 Å². The van der Waals surface area contributed by atoms with Crippen LogP contribution in [-0.4, -0.2) is 77.3 Å². The van der Waals surface area contributed by atoms with Crippen molar-refractivity contribution in [1.82, 2.24) is 16.0 Å². The number of carboxylic acids is 1. The highest BCUT2D eigenvalue weighted by atomic mass is 16.4. The lowest BCUT2D eigenvalue weighted by Crippen LogP contribution is -2.57. The van der Waals surface area contributed by atoms with Crippen molar-refractivity contribution in [1.29, 1.82) is 0 Å². The molecule has 0 heterocycles. The Labute approximate surface area is 195 Å². The van der Waals surface area contributed by atoms with Gasteiger partial charge in [0.1, 0.15) is 18.1 Å². The van der Waals surface area contributed by atoms with Crippen molar-refractivity contribution in [2.24, 2.45) is 33.7 Å². The molecule has 0 saturated heterocycles. The van der Waals surface area contributed by atoms with Gasteiger partial charge in [0.05, 0.1) is 12.5 Å². The second-order valence-corrected chi connectivity index (χ2v) is 7.42. The van der Waals surface area contributed by atoms with Gasteiger partial charge in [0.25, 0.3) is 0 Å². The molecule has 0 bridgehead atoms. The Bertz CT molecular complexity index is 799. The smallest absolute Gasteiger partial charge is 0.325 e. The molecule has 16 heteroatoms. The quantitative estimate of drug-likeness (QED) is 0.0567. The van der Waals surface area contributed by atoms with Crippen molar-refractivity contribution in [3.05, 3.63) is 0 Å². The largest absolute Gasteiger partial charge is 0.480 e. The zero-order chi connectivity index (χ0) is 26.4. The van der Waals surface area contributed by atoms with Gasteiger partial charge >= 0.3 is 5.97 Å². The monoisotopic (exact) mass is 487 g/mol. The maximum absolute atomic E-state index is 12.8. The van der Waals surface area contributed by atoms with Gasteiger partial charge < -0.3 is 49.7 Å². The fourth-order valence-electron chi connectivity index (χ4n) is 2.56. The van der Waals surface area contributed by atoms with Crippen LogP contribution in [-0.2, 0) is 28.8 Å². The van der Waals surface area contributed by atoms with Crippen LogP contribution >= 0.6 is 0 Å². The summed E-state index contributed by atoms with van der Waals surface area (Å²) in [6.45, 7) is 1.36. The number of nitrogens with zero attached hydrogens (tertiary/aromatic N) is 1. The van der Waals surface area contributed by atoms with Gasteiger partial charge in [-0.3, -0.25) is 33.8 Å². The molecule has 14 N–H and O–H groups in total. The molecule has 0 radical (unpaired) electrons. The Kier molecular flexibility index (Phi) is 13.2. The van der Waals surface area contributed by atoms with E-state index < -0.39 is 66.1 Å². The van der Waals surface area contributed by atoms with Gasteiger partial charge in [-0.05, 0) is 26.2 Å². The van der Waals surface area contributed by atoms with Gasteiger partial charge in [-0.1, -0.05) is 0 Å². The molecular weight excluding hydrogens is 454 g/mol. The summed E-state index contributed by atoms with van der Waals surface area (Å²) in [7, 11) is 0. The minimum atomic E-state index is -1.35. The Morgan fingerprint density at radius 1 is 0.824 bits per heavy atom.